The molecule has 0 unspecified atom stereocenters. The first-order valence-corrected chi connectivity index (χ1v) is 11.1. The summed E-state index contributed by atoms with van der Waals surface area (Å²) in [6, 6.07) is 7.29. The second kappa shape index (κ2) is 9.02. The highest BCUT2D eigenvalue weighted by Gasteiger charge is 2.37. The van der Waals surface area contributed by atoms with Crippen LogP contribution in [0.25, 0.3) is 28.2 Å². The number of aromatic carboxylic acids is 1. The molecule has 5 rings (SSSR count). The van der Waals surface area contributed by atoms with Gasteiger partial charge in [0.15, 0.2) is 11.6 Å². The Bertz CT molecular complexity index is 1790. The van der Waals surface area contributed by atoms with Gasteiger partial charge in [-0.15, -0.1) is 10.2 Å². The molecule has 38 heavy (non-hydrogen) atoms. The summed E-state index contributed by atoms with van der Waals surface area (Å²) in [7, 11) is 1.44. The van der Waals surface area contributed by atoms with Crippen LogP contribution in [0.1, 0.15) is 27.4 Å². The minimum Gasteiger partial charge on any atom is -0.478 e. The Hall–Kier alpha value is -4.66. The molecule has 5 aromatic rings. The molecule has 0 fully saturated rings. The molecule has 1 N–H and O–H groups in total. The van der Waals surface area contributed by atoms with Crippen LogP contribution in [0.4, 0.5) is 13.2 Å². The Morgan fingerprint density at radius 1 is 1.18 bits per heavy atom. The van der Waals surface area contributed by atoms with E-state index in [2.05, 4.69) is 30.5 Å². The average molecular weight is 546 g/mol. The summed E-state index contributed by atoms with van der Waals surface area (Å²) in [5, 5.41) is 23.9. The van der Waals surface area contributed by atoms with Crippen molar-refractivity contribution in [1.29, 1.82) is 0 Å². The van der Waals surface area contributed by atoms with Gasteiger partial charge in [-0.1, -0.05) is 11.6 Å². The van der Waals surface area contributed by atoms with Gasteiger partial charge >= 0.3 is 12.1 Å². The van der Waals surface area contributed by atoms with Gasteiger partial charge in [-0.05, 0) is 48.0 Å². The number of aryl methyl sites for hydroxylation is 1. The molecule has 4 heterocycles. The van der Waals surface area contributed by atoms with Crippen LogP contribution >= 0.6 is 11.6 Å². The summed E-state index contributed by atoms with van der Waals surface area (Å²) in [5.41, 5.74) is 0.563. The number of tetrazole rings is 1. The van der Waals surface area contributed by atoms with Crippen LogP contribution in [0, 0.1) is 6.92 Å². The molecule has 0 aliphatic carbocycles. The normalized spacial score (nSPS) is 11.8. The third-order valence-corrected chi connectivity index (χ3v) is 5.85. The average Bonchev–Trinajstić information content (AvgIpc) is 3.49. The van der Waals surface area contributed by atoms with E-state index < -0.39 is 23.5 Å². The maximum atomic E-state index is 13.3. The lowest BCUT2D eigenvalue weighted by atomic mass is 10.1. The molecule has 1 aromatic carbocycles. The van der Waals surface area contributed by atoms with Gasteiger partial charge in [-0.2, -0.15) is 23.1 Å². The highest BCUT2D eigenvalue weighted by atomic mass is 35.5. The predicted molar refractivity (Wildman–Crippen MR) is 126 cm³/mol. The second-order valence-corrected chi connectivity index (χ2v) is 8.58. The van der Waals surface area contributed by atoms with E-state index in [0.29, 0.717) is 5.56 Å². The van der Waals surface area contributed by atoms with Gasteiger partial charge in [0.05, 0.1) is 27.2 Å². The molecule has 4 aromatic heterocycles. The predicted octanol–water partition coefficient (Wildman–Crippen LogP) is 2.89. The lowest BCUT2D eigenvalue weighted by molar-refractivity contribution is -0.145. The number of aromatic nitrogens is 9. The van der Waals surface area contributed by atoms with Gasteiger partial charge in [0.25, 0.3) is 11.4 Å². The number of carboxylic acid groups (broad SMARTS) is 1. The summed E-state index contributed by atoms with van der Waals surface area (Å²) in [4.78, 5) is 34.4. The van der Waals surface area contributed by atoms with E-state index in [4.69, 9.17) is 11.6 Å². The third-order valence-electron chi connectivity index (χ3n) is 5.56. The molecule has 0 saturated carbocycles. The zero-order chi connectivity index (χ0) is 27.4. The van der Waals surface area contributed by atoms with Crippen LogP contribution < -0.4 is 5.56 Å². The van der Waals surface area contributed by atoms with Crippen LogP contribution in [0.5, 0.6) is 0 Å². The zero-order valence-electron chi connectivity index (χ0n) is 19.5. The van der Waals surface area contributed by atoms with Crippen molar-refractivity contribution in [3.63, 3.8) is 0 Å². The van der Waals surface area contributed by atoms with E-state index in [1.54, 1.807) is 19.1 Å². The maximum Gasteiger partial charge on any atom is 0.455 e. The lowest BCUT2D eigenvalue weighted by Gasteiger charge is -2.13. The van der Waals surface area contributed by atoms with E-state index in [1.807, 2.05) is 0 Å². The van der Waals surface area contributed by atoms with Crippen LogP contribution in [0.2, 0.25) is 5.02 Å². The molecule has 0 spiro atoms. The molecule has 16 heteroatoms. The van der Waals surface area contributed by atoms with E-state index in [-0.39, 0.29) is 51.1 Å². The minimum atomic E-state index is -4.77. The minimum absolute atomic E-state index is 0.0622. The highest BCUT2D eigenvalue weighted by molar-refractivity contribution is 6.32. The molecule has 0 aliphatic rings. The SMILES string of the molecule is Cc1cc(C(=O)O)cc2c(=O)n(C)c(-c3cc(Cn4nnc(C(F)(F)F)n4)nn3-c3ncccc3Cl)nc12. The van der Waals surface area contributed by atoms with Crippen molar-refractivity contribution in [3.8, 4) is 17.3 Å². The zero-order valence-corrected chi connectivity index (χ0v) is 20.2. The number of carbonyl (C=O) groups is 1. The van der Waals surface area contributed by atoms with E-state index in [1.165, 1.54) is 40.7 Å². The molecule has 0 atom stereocenters. The van der Waals surface area contributed by atoms with Crippen LogP contribution in [-0.2, 0) is 19.8 Å². The molecule has 0 radical (unpaired) electrons. The lowest BCUT2D eigenvalue weighted by Crippen LogP contribution is -2.22. The first-order valence-electron chi connectivity index (χ1n) is 10.7. The number of halogens is 4. The number of nitrogens with zero attached hydrogens (tertiary/aromatic N) is 9. The number of carboxylic acids is 1. The highest BCUT2D eigenvalue weighted by Crippen LogP contribution is 2.28. The van der Waals surface area contributed by atoms with Crippen molar-refractivity contribution in [2.45, 2.75) is 19.6 Å². The van der Waals surface area contributed by atoms with Crippen LogP contribution in [-0.4, -0.2) is 55.6 Å². The molecular formula is C22H15ClF3N9O3. The molecule has 0 bridgehead atoms. The van der Waals surface area contributed by atoms with Gasteiger partial charge < -0.3 is 5.11 Å². The Balaban J connectivity index is 1.71. The fourth-order valence-corrected chi connectivity index (χ4v) is 4.03. The van der Waals surface area contributed by atoms with Gasteiger partial charge in [0.1, 0.15) is 12.2 Å². The summed E-state index contributed by atoms with van der Waals surface area (Å²) >= 11 is 6.35. The van der Waals surface area contributed by atoms with Crippen LogP contribution in [0.15, 0.2) is 41.3 Å². The Kier molecular flexibility index (Phi) is 5.94. The first-order chi connectivity index (χ1) is 17.9. The topological polar surface area (TPSA) is 146 Å². The summed E-state index contributed by atoms with van der Waals surface area (Å²) in [6.45, 7) is 1.33. The summed E-state index contributed by atoms with van der Waals surface area (Å²) in [6.07, 6.45) is -3.30. The number of hydrogen-bond donors (Lipinski definition) is 1. The third kappa shape index (κ3) is 4.36. The number of fused-ring (bicyclic) bond motifs is 1. The van der Waals surface area contributed by atoms with Crippen molar-refractivity contribution < 1.29 is 23.1 Å². The second-order valence-electron chi connectivity index (χ2n) is 8.18. The quantitative estimate of drug-likeness (QED) is 0.352. The van der Waals surface area contributed by atoms with Gasteiger partial charge in [0.2, 0.25) is 0 Å². The van der Waals surface area contributed by atoms with Gasteiger partial charge in [-0.3, -0.25) is 9.36 Å². The van der Waals surface area contributed by atoms with Gasteiger partial charge in [0, 0.05) is 13.2 Å². The summed E-state index contributed by atoms with van der Waals surface area (Å²) in [5.74, 6) is -2.30. The molecule has 12 nitrogen and oxygen atoms in total. The standard InChI is InChI=1S/C22H15ClF3N9O3/c1-10-6-11(20(37)38)7-13-16(10)28-18(33(2)19(13)36)15-8-12(9-34-31-21(29-32-34)22(24,25)26)30-35(15)17-14(23)4-3-5-27-17/h3-8H,9H2,1-2H3,(H,37,38). The molecular weight excluding hydrogens is 531 g/mol. The Labute approximate surface area is 214 Å². The van der Waals surface area contributed by atoms with E-state index in [9.17, 15) is 27.9 Å². The summed E-state index contributed by atoms with van der Waals surface area (Å²) < 4.78 is 41.2. The fraction of sp³-hybridized carbons (Fsp3) is 0.182. The van der Waals surface area contributed by atoms with E-state index >= 15 is 0 Å². The molecule has 0 saturated heterocycles. The largest absolute Gasteiger partial charge is 0.478 e. The van der Waals surface area contributed by atoms with Crippen molar-refractivity contribution in [1.82, 2.24) is 44.5 Å². The first kappa shape index (κ1) is 25.0. The van der Waals surface area contributed by atoms with Gasteiger partial charge in [-0.25, -0.2) is 19.4 Å². The van der Waals surface area contributed by atoms with Crippen molar-refractivity contribution in [2.24, 2.45) is 7.05 Å². The number of hydrogen-bond acceptors (Lipinski definition) is 8. The fourth-order valence-electron chi connectivity index (χ4n) is 3.83. The Morgan fingerprint density at radius 3 is 2.61 bits per heavy atom. The van der Waals surface area contributed by atoms with Crippen molar-refractivity contribution in [2.75, 3.05) is 0 Å². The van der Waals surface area contributed by atoms with E-state index in [0.717, 1.165) is 4.80 Å². The van der Waals surface area contributed by atoms with Crippen molar-refractivity contribution in [3.05, 3.63) is 74.6 Å². The molecule has 0 aliphatic heterocycles. The monoisotopic (exact) mass is 545 g/mol. The van der Waals surface area contributed by atoms with Crippen molar-refractivity contribution >= 4 is 28.5 Å². The Morgan fingerprint density at radius 2 is 1.95 bits per heavy atom. The number of benzene rings is 1. The maximum absolute atomic E-state index is 13.3. The molecule has 0 amide bonds. The molecule has 194 valence electrons. The number of alkyl halides is 3. The van der Waals surface area contributed by atoms with Crippen LogP contribution in [0.3, 0.4) is 0 Å². The number of pyridine rings is 1. The number of rotatable bonds is 5. The smallest absolute Gasteiger partial charge is 0.455 e.